The van der Waals surface area contributed by atoms with Gasteiger partial charge in [-0.1, -0.05) is 55.8 Å². The first kappa shape index (κ1) is 25.4. The quantitative estimate of drug-likeness (QED) is 0.375. The molecule has 7 nitrogen and oxygen atoms in total. The van der Waals surface area contributed by atoms with Crippen LogP contribution in [-0.2, 0) is 21.9 Å². The van der Waals surface area contributed by atoms with E-state index in [-0.39, 0.29) is 23.3 Å². The first-order chi connectivity index (χ1) is 15.3. The van der Waals surface area contributed by atoms with Crippen LogP contribution in [0.1, 0.15) is 43.4 Å². The topological polar surface area (TPSA) is 92.6 Å². The van der Waals surface area contributed by atoms with Crippen LogP contribution in [0.2, 0.25) is 0 Å². The molecule has 0 saturated carbocycles. The van der Waals surface area contributed by atoms with Gasteiger partial charge >= 0.3 is 0 Å². The highest BCUT2D eigenvalue weighted by atomic mass is 32.2. The molecule has 0 spiro atoms. The number of nitro groups is 1. The third-order valence-electron chi connectivity index (χ3n) is 5.01. The molecule has 0 aliphatic heterocycles. The molecule has 8 heteroatoms. The molecule has 0 aromatic heterocycles. The van der Waals surface area contributed by atoms with Crippen LogP contribution in [-0.4, -0.2) is 40.0 Å². The number of rotatable bonds is 12. The molecule has 0 aliphatic rings. The number of carbonyl (C=O) groups excluding carboxylic acids is 2. The Kier molecular flexibility index (Phi) is 10.2. The van der Waals surface area contributed by atoms with Gasteiger partial charge in [0.25, 0.3) is 5.69 Å². The Morgan fingerprint density at radius 2 is 1.84 bits per heavy atom. The lowest BCUT2D eigenvalue weighted by atomic mass is 10.1. The van der Waals surface area contributed by atoms with E-state index in [2.05, 4.69) is 5.32 Å². The fourth-order valence-corrected chi connectivity index (χ4v) is 4.22. The fourth-order valence-electron chi connectivity index (χ4n) is 3.35. The van der Waals surface area contributed by atoms with Gasteiger partial charge in [-0.05, 0) is 30.9 Å². The molecule has 0 aliphatic carbocycles. The maximum absolute atomic E-state index is 13.2. The summed E-state index contributed by atoms with van der Waals surface area (Å²) in [6.07, 6.45) is 1.36. The second kappa shape index (κ2) is 12.9. The van der Waals surface area contributed by atoms with Gasteiger partial charge < -0.3 is 10.2 Å². The van der Waals surface area contributed by atoms with E-state index in [9.17, 15) is 19.7 Å². The van der Waals surface area contributed by atoms with E-state index in [0.29, 0.717) is 25.3 Å². The molecular formula is C24H31N3O4S. The summed E-state index contributed by atoms with van der Waals surface area (Å²) in [5.74, 6) is 0.550. The number of nitrogens with zero attached hydrogens (tertiary/aromatic N) is 2. The number of nitro benzene ring substituents is 1. The van der Waals surface area contributed by atoms with Crippen molar-refractivity contribution in [2.24, 2.45) is 0 Å². The molecule has 1 N–H and O–H groups in total. The third kappa shape index (κ3) is 7.67. The molecule has 1 atom stereocenters. The molecule has 32 heavy (non-hydrogen) atoms. The van der Waals surface area contributed by atoms with Crippen LogP contribution in [0.15, 0.2) is 48.5 Å². The lowest BCUT2D eigenvalue weighted by molar-refractivity contribution is -0.384. The Hall–Kier alpha value is -2.87. The molecule has 0 heterocycles. The summed E-state index contributed by atoms with van der Waals surface area (Å²) in [5, 5.41) is 13.7. The van der Waals surface area contributed by atoms with Crippen LogP contribution in [0, 0.1) is 17.0 Å². The zero-order valence-corrected chi connectivity index (χ0v) is 19.7. The van der Waals surface area contributed by atoms with Crippen LogP contribution in [0.25, 0.3) is 0 Å². The number of non-ortho nitro benzene ring substituents is 1. The molecule has 0 unspecified atom stereocenters. The van der Waals surface area contributed by atoms with Gasteiger partial charge in [-0.2, -0.15) is 0 Å². The average molecular weight is 458 g/mol. The highest BCUT2D eigenvalue weighted by Crippen LogP contribution is 2.19. The molecule has 2 aromatic carbocycles. The van der Waals surface area contributed by atoms with E-state index in [1.165, 1.54) is 23.9 Å². The van der Waals surface area contributed by atoms with Crippen LogP contribution < -0.4 is 5.32 Å². The molecule has 0 fully saturated rings. The summed E-state index contributed by atoms with van der Waals surface area (Å²) >= 11 is 1.44. The number of hydrogen-bond acceptors (Lipinski definition) is 5. The van der Waals surface area contributed by atoms with Gasteiger partial charge in [0.1, 0.15) is 6.04 Å². The molecule has 172 valence electrons. The van der Waals surface area contributed by atoms with E-state index in [0.717, 1.165) is 23.1 Å². The van der Waals surface area contributed by atoms with Crippen molar-refractivity contribution in [1.29, 1.82) is 0 Å². The summed E-state index contributed by atoms with van der Waals surface area (Å²) in [6.45, 7) is 6.86. The minimum Gasteiger partial charge on any atom is -0.354 e. The molecule has 0 bridgehead atoms. The first-order valence-corrected chi connectivity index (χ1v) is 11.9. The lowest BCUT2D eigenvalue weighted by Gasteiger charge is -2.30. The van der Waals surface area contributed by atoms with Gasteiger partial charge in [0.05, 0.1) is 10.7 Å². The average Bonchev–Trinajstić information content (AvgIpc) is 2.77. The van der Waals surface area contributed by atoms with E-state index < -0.39 is 11.0 Å². The van der Waals surface area contributed by atoms with Crippen LogP contribution in [0.5, 0.6) is 0 Å². The summed E-state index contributed by atoms with van der Waals surface area (Å²) in [7, 11) is 0. The molecule has 0 radical (unpaired) electrons. The van der Waals surface area contributed by atoms with Crippen LogP contribution in [0.4, 0.5) is 5.69 Å². The van der Waals surface area contributed by atoms with E-state index in [4.69, 9.17) is 0 Å². The van der Waals surface area contributed by atoms with Crippen molar-refractivity contribution in [2.75, 3.05) is 12.3 Å². The Morgan fingerprint density at radius 1 is 1.12 bits per heavy atom. The largest absolute Gasteiger partial charge is 0.354 e. The first-order valence-electron chi connectivity index (χ1n) is 10.8. The van der Waals surface area contributed by atoms with Crippen molar-refractivity contribution < 1.29 is 14.5 Å². The Bertz CT molecular complexity index is 918. The second-order valence-electron chi connectivity index (χ2n) is 7.64. The Labute approximate surface area is 193 Å². The Morgan fingerprint density at radius 3 is 2.44 bits per heavy atom. The smallest absolute Gasteiger partial charge is 0.269 e. The zero-order chi connectivity index (χ0) is 23.5. The molecule has 0 saturated heterocycles. The van der Waals surface area contributed by atoms with Gasteiger partial charge in [0.2, 0.25) is 11.8 Å². The van der Waals surface area contributed by atoms with Crippen molar-refractivity contribution in [3.05, 3.63) is 75.3 Å². The summed E-state index contributed by atoms with van der Waals surface area (Å²) < 4.78 is 0. The lowest BCUT2D eigenvalue weighted by Crippen LogP contribution is -2.49. The molecule has 2 rings (SSSR count). The van der Waals surface area contributed by atoms with E-state index in [1.54, 1.807) is 17.0 Å². The van der Waals surface area contributed by atoms with Gasteiger partial charge in [-0.3, -0.25) is 19.7 Å². The Balaban J connectivity index is 2.09. The number of thioether (sulfide) groups is 1. The van der Waals surface area contributed by atoms with Crippen molar-refractivity contribution in [3.63, 3.8) is 0 Å². The highest BCUT2D eigenvalue weighted by Gasteiger charge is 2.28. The van der Waals surface area contributed by atoms with Gasteiger partial charge in [0.15, 0.2) is 0 Å². The second-order valence-corrected chi connectivity index (χ2v) is 8.63. The summed E-state index contributed by atoms with van der Waals surface area (Å²) in [4.78, 5) is 38.0. The van der Waals surface area contributed by atoms with E-state index in [1.807, 2.05) is 45.0 Å². The number of hydrogen-bond donors (Lipinski definition) is 1. The molecular weight excluding hydrogens is 426 g/mol. The minimum atomic E-state index is -0.533. The number of nitrogens with one attached hydrogen (secondary N) is 1. The van der Waals surface area contributed by atoms with Crippen LogP contribution >= 0.6 is 11.8 Å². The fraction of sp³-hybridized carbons (Fsp3) is 0.417. The van der Waals surface area contributed by atoms with Gasteiger partial charge in [0, 0.05) is 31.0 Å². The predicted octanol–water partition coefficient (Wildman–Crippen LogP) is 4.47. The summed E-state index contributed by atoms with van der Waals surface area (Å²) in [5.41, 5.74) is 3.04. The highest BCUT2D eigenvalue weighted by molar-refractivity contribution is 7.99. The number of aryl methyl sites for hydroxylation is 1. The van der Waals surface area contributed by atoms with Crippen molar-refractivity contribution in [1.82, 2.24) is 10.2 Å². The maximum atomic E-state index is 13.2. The SMILES string of the molecule is CCCNC(=O)[C@@H](CC)N(Cc1cccc(C)c1)C(=O)CSCc1ccc([N+](=O)[O-])cc1. The normalized spacial score (nSPS) is 11.6. The standard InChI is InChI=1S/C24H31N3O4S/c1-4-13-25-24(29)22(5-2)26(15-20-8-6-7-18(3)14-20)23(28)17-32-16-19-9-11-21(12-10-19)27(30)31/h6-12,14,22H,4-5,13,15-17H2,1-3H3,(H,25,29)/t22-/m1/s1. The minimum absolute atomic E-state index is 0.0445. The zero-order valence-electron chi connectivity index (χ0n) is 18.9. The van der Waals surface area contributed by atoms with Crippen LogP contribution in [0.3, 0.4) is 0 Å². The predicted molar refractivity (Wildman–Crippen MR) is 128 cm³/mol. The third-order valence-corrected chi connectivity index (χ3v) is 6.00. The molecule has 2 aromatic rings. The number of benzene rings is 2. The van der Waals surface area contributed by atoms with Crippen molar-refractivity contribution in [2.45, 2.75) is 52.0 Å². The van der Waals surface area contributed by atoms with Gasteiger partial charge in [-0.15, -0.1) is 11.8 Å². The molecule has 2 amide bonds. The van der Waals surface area contributed by atoms with E-state index >= 15 is 0 Å². The van der Waals surface area contributed by atoms with Gasteiger partial charge in [-0.25, -0.2) is 0 Å². The van der Waals surface area contributed by atoms with Crippen molar-refractivity contribution in [3.8, 4) is 0 Å². The van der Waals surface area contributed by atoms with Crippen molar-refractivity contribution >= 4 is 29.3 Å². The number of carbonyl (C=O) groups is 2. The monoisotopic (exact) mass is 457 g/mol. The maximum Gasteiger partial charge on any atom is 0.269 e. The summed E-state index contributed by atoms with van der Waals surface area (Å²) in [6, 6.07) is 13.7. The number of amides is 2.